The summed E-state index contributed by atoms with van der Waals surface area (Å²) in [6.07, 6.45) is 3.87. The lowest BCUT2D eigenvalue weighted by Crippen LogP contribution is -2.42. The van der Waals surface area contributed by atoms with Crippen LogP contribution in [0.4, 0.5) is 4.39 Å². The standard InChI is InChI=1S/C15H21FN2O/c16-13-6-4-5-12-14(17)11(10-19-15(12)13)9-18-7-2-1-3-8-18/h4-6,11,14H,1-3,7-10,17H2. The first kappa shape index (κ1) is 12.9. The van der Waals surface area contributed by atoms with Crippen molar-refractivity contribution in [3.8, 4) is 5.75 Å². The van der Waals surface area contributed by atoms with Crippen LogP contribution in [0.15, 0.2) is 18.2 Å². The molecule has 0 spiro atoms. The number of halogens is 1. The molecule has 0 radical (unpaired) electrons. The van der Waals surface area contributed by atoms with Crippen LogP contribution in [0.1, 0.15) is 30.9 Å². The van der Waals surface area contributed by atoms with E-state index in [1.807, 2.05) is 6.07 Å². The maximum atomic E-state index is 13.6. The quantitative estimate of drug-likeness (QED) is 0.891. The third kappa shape index (κ3) is 2.60. The van der Waals surface area contributed by atoms with E-state index in [0.717, 1.165) is 25.2 Å². The third-order valence-corrected chi connectivity index (χ3v) is 4.25. The normalized spacial score (nSPS) is 27.7. The van der Waals surface area contributed by atoms with Gasteiger partial charge in [-0.25, -0.2) is 4.39 Å². The van der Waals surface area contributed by atoms with Crippen LogP contribution < -0.4 is 10.5 Å². The molecule has 3 rings (SSSR count). The van der Waals surface area contributed by atoms with E-state index in [-0.39, 0.29) is 17.8 Å². The van der Waals surface area contributed by atoms with Crippen LogP contribution in [0.3, 0.4) is 0 Å². The maximum absolute atomic E-state index is 13.6. The molecule has 0 bridgehead atoms. The SMILES string of the molecule is NC1c2cccc(F)c2OCC1CN1CCCCC1. The third-order valence-electron chi connectivity index (χ3n) is 4.25. The summed E-state index contributed by atoms with van der Waals surface area (Å²) in [6, 6.07) is 4.89. The predicted octanol–water partition coefficient (Wildman–Crippen LogP) is 2.32. The summed E-state index contributed by atoms with van der Waals surface area (Å²) in [7, 11) is 0. The summed E-state index contributed by atoms with van der Waals surface area (Å²) < 4.78 is 19.2. The van der Waals surface area contributed by atoms with Gasteiger partial charge in [0.15, 0.2) is 11.6 Å². The van der Waals surface area contributed by atoms with E-state index in [9.17, 15) is 4.39 Å². The van der Waals surface area contributed by atoms with Crippen LogP contribution in [0.5, 0.6) is 5.75 Å². The average molecular weight is 264 g/mol. The molecule has 2 N–H and O–H groups in total. The van der Waals surface area contributed by atoms with Crippen LogP contribution in [0.25, 0.3) is 0 Å². The zero-order chi connectivity index (χ0) is 13.2. The molecule has 2 heterocycles. The van der Waals surface area contributed by atoms with Gasteiger partial charge in [0.1, 0.15) is 0 Å². The molecule has 2 unspecified atom stereocenters. The van der Waals surface area contributed by atoms with Crippen molar-refractivity contribution in [3.63, 3.8) is 0 Å². The summed E-state index contributed by atoms with van der Waals surface area (Å²) in [5.41, 5.74) is 7.12. The second kappa shape index (κ2) is 5.47. The van der Waals surface area contributed by atoms with Crippen molar-refractivity contribution in [1.82, 2.24) is 4.90 Å². The zero-order valence-corrected chi connectivity index (χ0v) is 11.1. The second-order valence-corrected chi connectivity index (χ2v) is 5.62. The molecule has 1 aromatic rings. The molecule has 4 heteroatoms. The highest BCUT2D eigenvalue weighted by molar-refractivity contribution is 5.39. The average Bonchev–Trinajstić information content (AvgIpc) is 2.44. The summed E-state index contributed by atoms with van der Waals surface area (Å²) in [5, 5.41) is 0. The Labute approximate surface area is 113 Å². The van der Waals surface area contributed by atoms with Crippen molar-refractivity contribution in [2.75, 3.05) is 26.2 Å². The molecule has 3 nitrogen and oxygen atoms in total. The number of rotatable bonds is 2. The summed E-state index contributed by atoms with van der Waals surface area (Å²) >= 11 is 0. The monoisotopic (exact) mass is 264 g/mol. The van der Waals surface area contributed by atoms with Gasteiger partial charge < -0.3 is 15.4 Å². The number of piperidine rings is 1. The first-order valence-electron chi connectivity index (χ1n) is 7.15. The fourth-order valence-electron chi connectivity index (χ4n) is 3.13. The van der Waals surface area contributed by atoms with E-state index < -0.39 is 0 Å². The Morgan fingerprint density at radius 3 is 2.84 bits per heavy atom. The topological polar surface area (TPSA) is 38.5 Å². The van der Waals surface area contributed by atoms with E-state index in [0.29, 0.717) is 12.4 Å². The van der Waals surface area contributed by atoms with Gasteiger partial charge in [-0.05, 0) is 32.0 Å². The molecule has 2 atom stereocenters. The Hall–Kier alpha value is -1.13. The Morgan fingerprint density at radius 1 is 1.26 bits per heavy atom. The molecule has 19 heavy (non-hydrogen) atoms. The molecular formula is C15H21FN2O. The van der Waals surface area contributed by atoms with Crippen molar-refractivity contribution >= 4 is 0 Å². The van der Waals surface area contributed by atoms with Crippen molar-refractivity contribution in [3.05, 3.63) is 29.6 Å². The molecule has 2 aliphatic rings. The van der Waals surface area contributed by atoms with Gasteiger partial charge in [-0.2, -0.15) is 0 Å². The van der Waals surface area contributed by atoms with Crippen LogP contribution in [-0.2, 0) is 0 Å². The van der Waals surface area contributed by atoms with E-state index in [1.54, 1.807) is 6.07 Å². The van der Waals surface area contributed by atoms with Crippen LogP contribution in [0.2, 0.25) is 0 Å². The largest absolute Gasteiger partial charge is 0.490 e. The van der Waals surface area contributed by atoms with Gasteiger partial charge in [-0.1, -0.05) is 18.6 Å². The lowest BCUT2D eigenvalue weighted by atomic mass is 9.90. The molecule has 0 aromatic heterocycles. The van der Waals surface area contributed by atoms with Crippen LogP contribution >= 0.6 is 0 Å². The molecule has 2 aliphatic heterocycles. The minimum atomic E-state index is -0.302. The molecule has 104 valence electrons. The van der Waals surface area contributed by atoms with Crippen LogP contribution in [-0.4, -0.2) is 31.1 Å². The number of nitrogens with zero attached hydrogens (tertiary/aromatic N) is 1. The first-order valence-corrected chi connectivity index (χ1v) is 7.15. The number of likely N-dealkylation sites (tertiary alicyclic amines) is 1. The molecule has 1 fully saturated rings. The second-order valence-electron chi connectivity index (χ2n) is 5.62. The maximum Gasteiger partial charge on any atom is 0.165 e. The highest BCUT2D eigenvalue weighted by Gasteiger charge is 2.31. The van der Waals surface area contributed by atoms with Crippen molar-refractivity contribution < 1.29 is 9.13 Å². The van der Waals surface area contributed by atoms with Crippen molar-refractivity contribution in [2.45, 2.75) is 25.3 Å². The van der Waals surface area contributed by atoms with Gasteiger partial charge in [0, 0.05) is 24.1 Å². The number of benzene rings is 1. The van der Waals surface area contributed by atoms with Gasteiger partial charge in [-0.15, -0.1) is 0 Å². The fourth-order valence-corrected chi connectivity index (χ4v) is 3.13. The summed E-state index contributed by atoms with van der Waals surface area (Å²) in [5.74, 6) is 0.307. The number of hydrogen-bond acceptors (Lipinski definition) is 3. The molecule has 0 saturated carbocycles. The van der Waals surface area contributed by atoms with Gasteiger partial charge in [0.25, 0.3) is 0 Å². The first-order chi connectivity index (χ1) is 9.25. The van der Waals surface area contributed by atoms with Crippen molar-refractivity contribution in [2.24, 2.45) is 11.7 Å². The lowest BCUT2D eigenvalue weighted by molar-refractivity contribution is 0.122. The summed E-state index contributed by atoms with van der Waals surface area (Å²) in [4.78, 5) is 2.46. The van der Waals surface area contributed by atoms with Gasteiger partial charge >= 0.3 is 0 Å². The molecule has 0 aliphatic carbocycles. The Kier molecular flexibility index (Phi) is 3.71. The number of hydrogen-bond donors (Lipinski definition) is 1. The highest BCUT2D eigenvalue weighted by atomic mass is 19.1. The van der Waals surface area contributed by atoms with Crippen LogP contribution in [0, 0.1) is 11.7 Å². The Balaban J connectivity index is 1.72. The zero-order valence-electron chi connectivity index (χ0n) is 11.1. The van der Waals surface area contributed by atoms with E-state index in [2.05, 4.69) is 4.90 Å². The molecular weight excluding hydrogens is 243 g/mol. The number of para-hydroxylation sites is 1. The fraction of sp³-hybridized carbons (Fsp3) is 0.600. The van der Waals surface area contributed by atoms with E-state index >= 15 is 0 Å². The van der Waals surface area contributed by atoms with E-state index in [4.69, 9.17) is 10.5 Å². The molecule has 0 amide bonds. The van der Waals surface area contributed by atoms with E-state index in [1.165, 1.54) is 25.3 Å². The smallest absolute Gasteiger partial charge is 0.165 e. The molecule has 1 aromatic carbocycles. The highest BCUT2D eigenvalue weighted by Crippen LogP contribution is 2.36. The predicted molar refractivity (Wildman–Crippen MR) is 72.6 cm³/mol. The summed E-state index contributed by atoms with van der Waals surface area (Å²) in [6.45, 7) is 3.78. The van der Waals surface area contributed by atoms with Gasteiger partial charge in [-0.3, -0.25) is 0 Å². The van der Waals surface area contributed by atoms with Gasteiger partial charge in [0.05, 0.1) is 6.61 Å². The Morgan fingerprint density at radius 2 is 2.05 bits per heavy atom. The minimum Gasteiger partial charge on any atom is -0.490 e. The van der Waals surface area contributed by atoms with Crippen molar-refractivity contribution in [1.29, 1.82) is 0 Å². The Bertz CT molecular complexity index is 446. The van der Waals surface area contributed by atoms with Gasteiger partial charge in [0.2, 0.25) is 0 Å². The number of ether oxygens (including phenoxy) is 1. The number of nitrogens with two attached hydrogens (primary N) is 1. The number of fused-ring (bicyclic) bond motifs is 1. The molecule has 1 saturated heterocycles. The minimum absolute atomic E-state index is 0.124. The lowest BCUT2D eigenvalue weighted by Gasteiger charge is -2.36.